The minimum absolute atomic E-state index is 0.146. The zero-order chi connectivity index (χ0) is 22.1. The number of phenols is 1. The van der Waals surface area contributed by atoms with Crippen LogP contribution in [0.15, 0.2) is 60.8 Å². The summed E-state index contributed by atoms with van der Waals surface area (Å²) in [4.78, 5) is 14.3. The number of nitrogens with zero attached hydrogens (tertiary/aromatic N) is 4. The highest BCUT2D eigenvalue weighted by Gasteiger charge is 2.14. The summed E-state index contributed by atoms with van der Waals surface area (Å²) in [7, 11) is 3.98. The van der Waals surface area contributed by atoms with Gasteiger partial charge in [-0.05, 0) is 43.8 Å². The van der Waals surface area contributed by atoms with Crippen LogP contribution in [-0.4, -0.2) is 64.3 Å². The van der Waals surface area contributed by atoms with E-state index in [1.807, 2.05) is 50.6 Å². The number of aromatic hydroxyl groups is 1. The van der Waals surface area contributed by atoms with E-state index < -0.39 is 0 Å². The van der Waals surface area contributed by atoms with E-state index in [4.69, 9.17) is 0 Å². The van der Waals surface area contributed by atoms with E-state index in [9.17, 15) is 9.90 Å². The fourth-order valence-electron chi connectivity index (χ4n) is 3.22. The van der Waals surface area contributed by atoms with Gasteiger partial charge in [0, 0.05) is 31.7 Å². The van der Waals surface area contributed by atoms with Crippen molar-refractivity contribution in [1.82, 2.24) is 30.5 Å². The van der Waals surface area contributed by atoms with Gasteiger partial charge in [-0.15, -0.1) is 5.10 Å². The Bertz CT molecular complexity index is 940. The van der Waals surface area contributed by atoms with E-state index in [1.165, 1.54) is 5.56 Å². The summed E-state index contributed by atoms with van der Waals surface area (Å²) < 4.78 is 1.80. The van der Waals surface area contributed by atoms with E-state index >= 15 is 0 Å². The summed E-state index contributed by atoms with van der Waals surface area (Å²) in [5.74, 6) is 0.253. The number of amides is 2. The van der Waals surface area contributed by atoms with E-state index in [1.54, 1.807) is 16.8 Å². The van der Waals surface area contributed by atoms with Gasteiger partial charge in [-0.3, -0.25) is 0 Å². The number of urea groups is 1. The van der Waals surface area contributed by atoms with Gasteiger partial charge in [-0.25, -0.2) is 9.48 Å². The molecule has 0 saturated carbocycles. The lowest BCUT2D eigenvalue weighted by Crippen LogP contribution is -2.45. The minimum Gasteiger partial charge on any atom is -0.508 e. The van der Waals surface area contributed by atoms with Crippen molar-refractivity contribution in [1.29, 1.82) is 0 Å². The topological polar surface area (TPSA) is 95.3 Å². The number of rotatable bonds is 10. The number of phenolic OH excluding ortho intramolecular Hbond substituents is 1. The Morgan fingerprint density at radius 3 is 2.52 bits per heavy atom. The Morgan fingerprint density at radius 2 is 1.81 bits per heavy atom. The number of aromatic nitrogens is 3. The molecule has 0 aliphatic carbocycles. The molecule has 0 aliphatic heterocycles. The van der Waals surface area contributed by atoms with Crippen molar-refractivity contribution in [2.45, 2.75) is 25.4 Å². The fraction of sp³-hybridized carbons (Fsp3) is 0.348. The summed E-state index contributed by atoms with van der Waals surface area (Å²) in [6, 6.07) is 17.2. The van der Waals surface area contributed by atoms with Crippen LogP contribution < -0.4 is 10.6 Å². The highest BCUT2D eigenvalue weighted by Crippen LogP contribution is 2.12. The third kappa shape index (κ3) is 7.42. The lowest BCUT2D eigenvalue weighted by molar-refractivity contribution is 0.232. The molecule has 164 valence electrons. The summed E-state index contributed by atoms with van der Waals surface area (Å²) in [6.07, 6.45) is 3.30. The molecule has 8 nitrogen and oxygen atoms in total. The van der Waals surface area contributed by atoms with Crippen molar-refractivity contribution in [3.63, 3.8) is 0 Å². The Hall–Kier alpha value is -3.39. The SMILES string of the molecule is CN(C)[C@H](CNC(=O)NCCc1cn(Cc2ccccc2)nn1)Cc1ccc(O)cc1. The quantitative estimate of drug-likeness (QED) is 0.465. The predicted octanol–water partition coefficient (Wildman–Crippen LogP) is 2.05. The summed E-state index contributed by atoms with van der Waals surface area (Å²) in [5, 5.41) is 23.6. The molecule has 2 aromatic carbocycles. The van der Waals surface area contributed by atoms with Gasteiger partial charge in [0.05, 0.1) is 12.2 Å². The second-order valence-corrected chi connectivity index (χ2v) is 7.77. The van der Waals surface area contributed by atoms with Gasteiger partial charge in [-0.1, -0.05) is 47.7 Å². The van der Waals surface area contributed by atoms with Crippen LogP contribution in [-0.2, 0) is 19.4 Å². The standard InChI is InChI=1S/C23H30N6O2/c1-28(2)21(14-18-8-10-22(30)11-9-18)15-25-23(31)24-13-12-20-17-29(27-26-20)16-19-6-4-3-5-7-19/h3-11,17,21,30H,12-16H2,1-2H3,(H2,24,25,31)/t21-/m0/s1. The Balaban J connectivity index is 1.38. The first-order valence-electron chi connectivity index (χ1n) is 10.4. The molecule has 1 heterocycles. The molecular weight excluding hydrogens is 392 g/mol. The number of benzene rings is 2. The number of likely N-dealkylation sites (N-methyl/N-ethyl adjacent to an activating group) is 1. The lowest BCUT2D eigenvalue weighted by Gasteiger charge is -2.25. The molecule has 3 rings (SSSR count). The molecule has 0 saturated heterocycles. The zero-order valence-corrected chi connectivity index (χ0v) is 18.0. The van der Waals surface area contributed by atoms with Crippen LogP contribution in [0.3, 0.4) is 0 Å². The molecule has 3 aromatic rings. The van der Waals surface area contributed by atoms with Crippen molar-refractivity contribution < 1.29 is 9.90 Å². The lowest BCUT2D eigenvalue weighted by atomic mass is 10.1. The molecule has 0 spiro atoms. The van der Waals surface area contributed by atoms with Crippen LogP contribution in [0, 0.1) is 0 Å². The van der Waals surface area contributed by atoms with Gasteiger partial charge >= 0.3 is 6.03 Å². The van der Waals surface area contributed by atoms with Crippen LogP contribution in [0.4, 0.5) is 4.79 Å². The van der Waals surface area contributed by atoms with Crippen LogP contribution in [0.1, 0.15) is 16.8 Å². The molecule has 1 atom stereocenters. The van der Waals surface area contributed by atoms with Crippen LogP contribution in [0.25, 0.3) is 0 Å². The zero-order valence-electron chi connectivity index (χ0n) is 18.0. The van der Waals surface area contributed by atoms with Crippen molar-refractivity contribution in [2.24, 2.45) is 0 Å². The van der Waals surface area contributed by atoms with Crippen molar-refractivity contribution in [3.05, 3.63) is 77.6 Å². The summed E-state index contributed by atoms with van der Waals surface area (Å²) >= 11 is 0. The van der Waals surface area contributed by atoms with Crippen molar-refractivity contribution in [2.75, 3.05) is 27.2 Å². The third-order valence-corrected chi connectivity index (χ3v) is 5.08. The highest BCUT2D eigenvalue weighted by atomic mass is 16.3. The number of carbonyl (C=O) groups excluding carboxylic acids is 1. The first-order valence-corrected chi connectivity index (χ1v) is 10.4. The third-order valence-electron chi connectivity index (χ3n) is 5.08. The first-order chi connectivity index (χ1) is 15.0. The summed E-state index contributed by atoms with van der Waals surface area (Å²) in [5.41, 5.74) is 3.12. The van der Waals surface area contributed by atoms with Gasteiger partial charge < -0.3 is 20.6 Å². The smallest absolute Gasteiger partial charge is 0.314 e. The molecular formula is C23H30N6O2. The van der Waals surface area contributed by atoms with Gasteiger partial charge in [0.2, 0.25) is 0 Å². The van der Waals surface area contributed by atoms with E-state index in [-0.39, 0.29) is 17.8 Å². The van der Waals surface area contributed by atoms with Crippen LogP contribution in [0.5, 0.6) is 5.75 Å². The summed E-state index contributed by atoms with van der Waals surface area (Å²) in [6.45, 7) is 1.68. The minimum atomic E-state index is -0.200. The number of hydrogen-bond acceptors (Lipinski definition) is 5. The second kappa shape index (κ2) is 11.1. The van der Waals surface area contributed by atoms with Gasteiger partial charge in [0.15, 0.2) is 0 Å². The van der Waals surface area contributed by atoms with Gasteiger partial charge in [0.1, 0.15) is 5.75 Å². The molecule has 8 heteroatoms. The largest absolute Gasteiger partial charge is 0.508 e. The molecule has 3 N–H and O–H groups in total. The van der Waals surface area contributed by atoms with Gasteiger partial charge in [0.25, 0.3) is 0 Å². The fourth-order valence-corrected chi connectivity index (χ4v) is 3.22. The van der Waals surface area contributed by atoms with Crippen LogP contribution in [0.2, 0.25) is 0 Å². The molecule has 0 aliphatic rings. The molecule has 31 heavy (non-hydrogen) atoms. The number of hydrogen-bond donors (Lipinski definition) is 3. The first kappa shape index (κ1) is 22.3. The molecule has 1 aromatic heterocycles. The van der Waals surface area contributed by atoms with E-state index in [0.717, 1.165) is 17.7 Å². The maximum atomic E-state index is 12.2. The second-order valence-electron chi connectivity index (χ2n) is 7.77. The Morgan fingerprint density at radius 1 is 1.06 bits per heavy atom. The average molecular weight is 423 g/mol. The maximum Gasteiger partial charge on any atom is 0.314 e. The van der Waals surface area contributed by atoms with E-state index in [2.05, 4.69) is 38.0 Å². The molecule has 2 amide bonds. The molecule has 0 unspecified atom stereocenters. The monoisotopic (exact) mass is 422 g/mol. The van der Waals surface area contributed by atoms with Crippen molar-refractivity contribution in [3.8, 4) is 5.75 Å². The molecule has 0 fully saturated rings. The van der Waals surface area contributed by atoms with Gasteiger partial charge in [-0.2, -0.15) is 0 Å². The number of nitrogens with one attached hydrogen (secondary N) is 2. The molecule has 0 radical (unpaired) electrons. The number of carbonyl (C=O) groups is 1. The van der Waals surface area contributed by atoms with E-state index in [0.29, 0.717) is 26.1 Å². The highest BCUT2D eigenvalue weighted by molar-refractivity contribution is 5.73. The van der Waals surface area contributed by atoms with Crippen LogP contribution >= 0.6 is 0 Å². The van der Waals surface area contributed by atoms with Crippen molar-refractivity contribution >= 4 is 6.03 Å². The Kier molecular flexibility index (Phi) is 8.00. The molecule has 0 bridgehead atoms. The normalized spacial score (nSPS) is 12.0. The Labute approximate surface area is 182 Å². The predicted molar refractivity (Wildman–Crippen MR) is 120 cm³/mol. The maximum absolute atomic E-state index is 12.2. The average Bonchev–Trinajstić information content (AvgIpc) is 3.20.